The average molecular weight is 306 g/mol. The highest BCUT2D eigenvalue weighted by molar-refractivity contribution is 6.13. The Bertz CT molecular complexity index is 660. The maximum atomic E-state index is 12.4. The SMILES string of the molecule is CCCc1c(C(=O)NC2=NCC(=O)N2)[nH]c(C)c1C(=O)OC. The predicted molar refractivity (Wildman–Crippen MR) is 78.8 cm³/mol. The van der Waals surface area contributed by atoms with Gasteiger partial charge < -0.3 is 9.72 Å². The van der Waals surface area contributed by atoms with E-state index in [2.05, 4.69) is 20.6 Å². The zero-order valence-electron chi connectivity index (χ0n) is 12.7. The summed E-state index contributed by atoms with van der Waals surface area (Å²) in [6.45, 7) is 3.65. The highest BCUT2D eigenvalue weighted by Gasteiger charge is 2.26. The van der Waals surface area contributed by atoms with Crippen molar-refractivity contribution in [3.8, 4) is 0 Å². The van der Waals surface area contributed by atoms with E-state index in [0.717, 1.165) is 6.42 Å². The van der Waals surface area contributed by atoms with Crippen LogP contribution in [0.2, 0.25) is 0 Å². The number of guanidine groups is 1. The van der Waals surface area contributed by atoms with E-state index in [1.165, 1.54) is 7.11 Å². The number of nitrogens with zero attached hydrogens (tertiary/aromatic N) is 1. The minimum atomic E-state index is -0.484. The number of carbonyl (C=O) groups excluding carboxylic acids is 3. The van der Waals surface area contributed by atoms with E-state index in [9.17, 15) is 14.4 Å². The van der Waals surface area contributed by atoms with Crippen LogP contribution in [0.4, 0.5) is 0 Å². The molecule has 2 rings (SSSR count). The molecule has 1 aliphatic heterocycles. The summed E-state index contributed by atoms with van der Waals surface area (Å²) < 4.78 is 4.77. The Morgan fingerprint density at radius 2 is 2.14 bits per heavy atom. The third kappa shape index (κ3) is 3.00. The van der Waals surface area contributed by atoms with Crippen LogP contribution in [0.3, 0.4) is 0 Å². The Kier molecular flexibility index (Phi) is 4.59. The molecular formula is C14H18N4O4. The maximum Gasteiger partial charge on any atom is 0.339 e. The Hall–Kier alpha value is -2.64. The summed E-state index contributed by atoms with van der Waals surface area (Å²) in [6.07, 6.45) is 1.32. The fourth-order valence-electron chi connectivity index (χ4n) is 2.35. The Balaban J connectivity index is 2.31. The molecule has 0 saturated heterocycles. The number of aryl methyl sites for hydroxylation is 1. The largest absolute Gasteiger partial charge is 0.465 e. The number of carbonyl (C=O) groups is 3. The topological polar surface area (TPSA) is 113 Å². The molecule has 2 amide bonds. The van der Waals surface area contributed by atoms with Crippen molar-refractivity contribution < 1.29 is 19.1 Å². The summed E-state index contributed by atoms with van der Waals surface area (Å²) >= 11 is 0. The standard InChI is InChI=1S/C14H18N4O4/c1-4-5-8-10(13(21)22-3)7(2)16-11(8)12(20)18-14-15-6-9(19)17-14/h16H,4-6H2,1-3H3,(H2,15,17,18,19,20). The van der Waals surface area contributed by atoms with E-state index in [4.69, 9.17) is 4.74 Å². The van der Waals surface area contributed by atoms with Crippen LogP contribution in [-0.2, 0) is 16.0 Å². The van der Waals surface area contributed by atoms with Gasteiger partial charge in [0.1, 0.15) is 12.2 Å². The number of aliphatic imine (C=N–C) groups is 1. The normalized spacial score (nSPS) is 13.6. The first-order valence-corrected chi connectivity index (χ1v) is 6.93. The number of methoxy groups -OCH3 is 1. The molecule has 0 atom stereocenters. The average Bonchev–Trinajstić information content (AvgIpc) is 3.02. The van der Waals surface area contributed by atoms with Crippen LogP contribution in [-0.4, -0.2) is 42.4 Å². The van der Waals surface area contributed by atoms with Crippen molar-refractivity contribution in [3.05, 3.63) is 22.5 Å². The minimum absolute atomic E-state index is 0.00536. The van der Waals surface area contributed by atoms with Gasteiger partial charge in [0.2, 0.25) is 11.9 Å². The number of rotatable bonds is 4. The van der Waals surface area contributed by atoms with Crippen LogP contribution < -0.4 is 10.6 Å². The monoisotopic (exact) mass is 306 g/mol. The molecule has 0 saturated carbocycles. The second-order valence-electron chi connectivity index (χ2n) is 4.89. The molecule has 22 heavy (non-hydrogen) atoms. The number of amides is 2. The van der Waals surface area contributed by atoms with Crippen molar-refractivity contribution in [1.29, 1.82) is 0 Å². The minimum Gasteiger partial charge on any atom is -0.465 e. The third-order valence-corrected chi connectivity index (χ3v) is 3.28. The fourth-order valence-corrected chi connectivity index (χ4v) is 2.35. The molecule has 0 unspecified atom stereocenters. The summed E-state index contributed by atoms with van der Waals surface area (Å²) in [4.78, 5) is 42.1. The van der Waals surface area contributed by atoms with Crippen molar-refractivity contribution in [2.24, 2.45) is 4.99 Å². The number of hydrogen-bond donors (Lipinski definition) is 3. The molecule has 1 aliphatic rings. The van der Waals surface area contributed by atoms with Gasteiger partial charge in [-0.25, -0.2) is 9.79 Å². The van der Waals surface area contributed by atoms with E-state index >= 15 is 0 Å². The fraction of sp³-hybridized carbons (Fsp3) is 0.429. The highest BCUT2D eigenvalue weighted by Crippen LogP contribution is 2.21. The molecule has 118 valence electrons. The first-order valence-electron chi connectivity index (χ1n) is 6.93. The van der Waals surface area contributed by atoms with Gasteiger partial charge in [-0.15, -0.1) is 0 Å². The lowest BCUT2D eigenvalue weighted by Crippen LogP contribution is -2.40. The number of esters is 1. The maximum absolute atomic E-state index is 12.4. The molecule has 2 heterocycles. The Labute approximate surface area is 127 Å². The van der Waals surface area contributed by atoms with Gasteiger partial charge in [-0.3, -0.25) is 20.2 Å². The van der Waals surface area contributed by atoms with Crippen molar-refractivity contribution >= 4 is 23.7 Å². The zero-order chi connectivity index (χ0) is 16.3. The van der Waals surface area contributed by atoms with Crippen LogP contribution in [0.25, 0.3) is 0 Å². The molecule has 3 N–H and O–H groups in total. The first kappa shape index (κ1) is 15.7. The molecule has 0 aromatic carbocycles. The van der Waals surface area contributed by atoms with Crippen molar-refractivity contribution in [3.63, 3.8) is 0 Å². The van der Waals surface area contributed by atoms with Crippen LogP contribution in [0.5, 0.6) is 0 Å². The number of aromatic amines is 1. The summed E-state index contributed by atoms with van der Waals surface area (Å²) in [5.41, 5.74) is 1.84. The predicted octanol–water partition coefficient (Wildman–Crippen LogP) is 0.278. The van der Waals surface area contributed by atoms with Gasteiger partial charge in [-0.2, -0.15) is 0 Å². The molecular weight excluding hydrogens is 288 g/mol. The number of hydrogen-bond acceptors (Lipinski definition) is 5. The molecule has 1 aromatic heterocycles. The van der Waals surface area contributed by atoms with Crippen LogP contribution in [0.15, 0.2) is 4.99 Å². The molecule has 0 bridgehead atoms. The molecule has 1 aromatic rings. The van der Waals surface area contributed by atoms with Crippen LogP contribution >= 0.6 is 0 Å². The summed E-state index contributed by atoms with van der Waals surface area (Å²) in [5, 5.41) is 4.95. The third-order valence-electron chi connectivity index (χ3n) is 3.28. The number of nitrogens with one attached hydrogen (secondary N) is 3. The van der Waals surface area contributed by atoms with Gasteiger partial charge in [0.15, 0.2) is 0 Å². The van der Waals surface area contributed by atoms with Gasteiger partial charge in [0.05, 0.1) is 12.7 Å². The second-order valence-corrected chi connectivity index (χ2v) is 4.89. The van der Waals surface area contributed by atoms with E-state index in [1.54, 1.807) is 6.92 Å². The van der Waals surface area contributed by atoms with E-state index in [0.29, 0.717) is 23.2 Å². The molecule has 0 spiro atoms. The lowest BCUT2D eigenvalue weighted by molar-refractivity contribution is -0.117. The van der Waals surface area contributed by atoms with Gasteiger partial charge in [-0.05, 0) is 18.9 Å². The lowest BCUT2D eigenvalue weighted by atomic mass is 10.0. The van der Waals surface area contributed by atoms with Crippen molar-refractivity contribution in [2.75, 3.05) is 13.7 Å². The molecule has 0 radical (unpaired) electrons. The van der Waals surface area contributed by atoms with E-state index in [1.807, 2.05) is 6.92 Å². The van der Waals surface area contributed by atoms with E-state index < -0.39 is 11.9 Å². The summed E-state index contributed by atoms with van der Waals surface area (Å²) in [6, 6.07) is 0. The quantitative estimate of drug-likeness (QED) is 0.693. The first-order chi connectivity index (χ1) is 10.5. The molecule has 0 fully saturated rings. The summed E-state index contributed by atoms with van der Waals surface area (Å²) in [7, 11) is 1.30. The zero-order valence-corrected chi connectivity index (χ0v) is 12.7. The van der Waals surface area contributed by atoms with Gasteiger partial charge in [-0.1, -0.05) is 13.3 Å². The Morgan fingerprint density at radius 3 is 2.68 bits per heavy atom. The van der Waals surface area contributed by atoms with Crippen molar-refractivity contribution in [2.45, 2.75) is 26.7 Å². The number of aromatic nitrogens is 1. The van der Waals surface area contributed by atoms with Crippen LogP contribution in [0.1, 0.15) is 45.4 Å². The smallest absolute Gasteiger partial charge is 0.339 e. The second kappa shape index (κ2) is 6.42. The number of ether oxygens (including phenoxy) is 1. The van der Waals surface area contributed by atoms with E-state index in [-0.39, 0.29) is 24.1 Å². The lowest BCUT2D eigenvalue weighted by Gasteiger charge is -2.07. The molecule has 8 heteroatoms. The van der Waals surface area contributed by atoms with Crippen molar-refractivity contribution in [1.82, 2.24) is 15.6 Å². The van der Waals surface area contributed by atoms with Crippen LogP contribution in [0, 0.1) is 6.92 Å². The highest BCUT2D eigenvalue weighted by atomic mass is 16.5. The van der Waals surface area contributed by atoms with Gasteiger partial charge in [0.25, 0.3) is 5.91 Å². The Morgan fingerprint density at radius 1 is 1.41 bits per heavy atom. The molecule has 8 nitrogen and oxygen atoms in total. The van der Waals surface area contributed by atoms with Gasteiger partial charge in [0, 0.05) is 5.69 Å². The van der Waals surface area contributed by atoms with Gasteiger partial charge >= 0.3 is 5.97 Å². The molecule has 0 aliphatic carbocycles. The number of H-pyrrole nitrogens is 1. The summed E-state index contributed by atoms with van der Waals surface area (Å²) in [5.74, 6) is -1.10.